The minimum absolute atomic E-state index is 0.268. The first kappa shape index (κ1) is 18.7. The first-order valence-corrected chi connectivity index (χ1v) is 9.61. The number of para-hydroxylation sites is 1. The lowest BCUT2D eigenvalue weighted by atomic mass is 10.1. The Morgan fingerprint density at radius 3 is 2.00 bits per heavy atom. The van der Waals surface area contributed by atoms with E-state index in [1.807, 2.05) is 12.1 Å². The van der Waals surface area contributed by atoms with E-state index in [1.165, 1.54) is 0 Å². The zero-order chi connectivity index (χ0) is 19.2. The van der Waals surface area contributed by atoms with Gasteiger partial charge in [0.15, 0.2) is 0 Å². The van der Waals surface area contributed by atoms with E-state index in [1.54, 1.807) is 12.1 Å². The average Bonchev–Trinajstić information content (AvgIpc) is 2.76. The van der Waals surface area contributed by atoms with Gasteiger partial charge in [-0.25, -0.2) is 0 Å². The smallest absolute Gasteiger partial charge is 0.323 e. The maximum absolute atomic E-state index is 9.90. The quantitative estimate of drug-likeness (QED) is 0.775. The number of aromatic nitrogens is 3. The molecule has 0 amide bonds. The summed E-state index contributed by atoms with van der Waals surface area (Å²) >= 11 is 0. The van der Waals surface area contributed by atoms with Gasteiger partial charge in [-0.05, 0) is 11.6 Å². The van der Waals surface area contributed by atoms with Crippen LogP contribution in [0.15, 0.2) is 24.3 Å². The van der Waals surface area contributed by atoms with Gasteiger partial charge in [-0.15, -0.1) is 0 Å². The monoisotopic (exact) mass is 387 g/mol. The highest BCUT2D eigenvalue weighted by Gasteiger charge is 2.21. The van der Waals surface area contributed by atoms with Crippen LogP contribution in [0.1, 0.15) is 5.56 Å². The number of phenolic OH excluding ortho intramolecular Hbond substituents is 1. The van der Waals surface area contributed by atoms with Gasteiger partial charge in [0.25, 0.3) is 0 Å². The van der Waals surface area contributed by atoms with Crippen molar-refractivity contribution >= 4 is 11.9 Å². The molecule has 9 nitrogen and oxygen atoms in total. The summed E-state index contributed by atoms with van der Waals surface area (Å²) in [6.07, 6.45) is 0.568. The highest BCUT2D eigenvalue weighted by Crippen LogP contribution is 2.21. The fourth-order valence-corrected chi connectivity index (χ4v) is 3.18. The number of nitrogens with zero attached hydrogens (tertiary/aromatic N) is 5. The lowest BCUT2D eigenvalue weighted by molar-refractivity contribution is 0.120. The van der Waals surface area contributed by atoms with Crippen LogP contribution >= 0.6 is 0 Å². The second kappa shape index (κ2) is 9.03. The summed E-state index contributed by atoms with van der Waals surface area (Å²) in [6.45, 7) is 5.95. The first-order valence-electron chi connectivity index (χ1n) is 9.61. The molecule has 0 unspecified atom stereocenters. The number of ether oxygens (including phenoxy) is 3. The van der Waals surface area contributed by atoms with E-state index in [0.29, 0.717) is 57.4 Å². The molecule has 1 aromatic carbocycles. The fourth-order valence-electron chi connectivity index (χ4n) is 3.18. The second-order valence-electron chi connectivity index (χ2n) is 6.64. The summed E-state index contributed by atoms with van der Waals surface area (Å²) in [5.74, 6) is 1.49. The Labute approximate surface area is 163 Å². The van der Waals surface area contributed by atoms with E-state index in [0.717, 1.165) is 31.7 Å². The third-order valence-corrected chi connectivity index (χ3v) is 4.77. The topological polar surface area (TPSA) is 93.1 Å². The zero-order valence-electron chi connectivity index (χ0n) is 15.8. The van der Waals surface area contributed by atoms with E-state index in [2.05, 4.69) is 24.8 Å². The van der Waals surface area contributed by atoms with Crippen molar-refractivity contribution in [1.82, 2.24) is 15.0 Å². The molecule has 2 fully saturated rings. The van der Waals surface area contributed by atoms with Crippen molar-refractivity contribution in [3.8, 4) is 11.8 Å². The minimum Gasteiger partial charge on any atom is -0.508 e. The van der Waals surface area contributed by atoms with E-state index < -0.39 is 0 Å². The molecule has 0 saturated carbocycles. The van der Waals surface area contributed by atoms with Gasteiger partial charge in [-0.2, -0.15) is 15.0 Å². The summed E-state index contributed by atoms with van der Waals surface area (Å²) in [4.78, 5) is 17.9. The number of benzene rings is 1. The normalized spacial score (nSPS) is 17.6. The number of aromatic hydroxyl groups is 1. The number of anilines is 2. The maximum Gasteiger partial charge on any atom is 0.323 e. The number of rotatable bonds is 6. The highest BCUT2D eigenvalue weighted by molar-refractivity contribution is 5.41. The summed E-state index contributed by atoms with van der Waals surface area (Å²) in [7, 11) is 0. The fraction of sp³-hybridized carbons (Fsp3) is 0.526. The largest absolute Gasteiger partial charge is 0.508 e. The van der Waals surface area contributed by atoms with E-state index in [-0.39, 0.29) is 5.75 Å². The Hall–Kier alpha value is -2.65. The van der Waals surface area contributed by atoms with Crippen LogP contribution in [0.3, 0.4) is 0 Å². The van der Waals surface area contributed by atoms with Crippen molar-refractivity contribution in [2.24, 2.45) is 0 Å². The van der Waals surface area contributed by atoms with Crippen LogP contribution in [0.4, 0.5) is 11.9 Å². The highest BCUT2D eigenvalue weighted by atomic mass is 16.5. The van der Waals surface area contributed by atoms with Gasteiger partial charge in [-0.1, -0.05) is 18.2 Å². The van der Waals surface area contributed by atoms with Gasteiger partial charge in [0.05, 0.1) is 33.0 Å². The lowest BCUT2D eigenvalue weighted by Gasteiger charge is -2.30. The van der Waals surface area contributed by atoms with E-state index in [4.69, 9.17) is 14.2 Å². The second-order valence-corrected chi connectivity index (χ2v) is 6.64. The number of phenols is 1. The standard InChI is InChI=1S/C19H25N5O4/c25-16-4-2-1-3-15(16)5-10-28-19-21-17(23-6-11-26-12-7-23)20-18(22-19)24-8-13-27-14-9-24/h1-4,25H,5-14H2. The molecule has 0 radical (unpaired) electrons. The van der Waals surface area contributed by atoms with Gasteiger partial charge < -0.3 is 29.1 Å². The third-order valence-electron chi connectivity index (χ3n) is 4.77. The van der Waals surface area contributed by atoms with Crippen molar-refractivity contribution < 1.29 is 19.3 Å². The van der Waals surface area contributed by atoms with Gasteiger partial charge in [0, 0.05) is 32.6 Å². The van der Waals surface area contributed by atoms with Crippen molar-refractivity contribution in [2.45, 2.75) is 6.42 Å². The van der Waals surface area contributed by atoms with Crippen molar-refractivity contribution in [3.63, 3.8) is 0 Å². The molecule has 2 aromatic rings. The van der Waals surface area contributed by atoms with Crippen molar-refractivity contribution in [2.75, 3.05) is 69.0 Å². The summed E-state index contributed by atoms with van der Waals surface area (Å²) < 4.78 is 16.7. The average molecular weight is 387 g/mol. The van der Waals surface area contributed by atoms with Crippen LogP contribution < -0.4 is 14.5 Å². The molecular formula is C19H25N5O4. The Morgan fingerprint density at radius 1 is 0.857 bits per heavy atom. The molecule has 2 aliphatic heterocycles. The van der Waals surface area contributed by atoms with Crippen LogP contribution in [0.5, 0.6) is 11.8 Å². The summed E-state index contributed by atoms with van der Waals surface area (Å²) in [5.41, 5.74) is 0.832. The molecule has 0 aliphatic carbocycles. The molecule has 4 rings (SSSR count). The van der Waals surface area contributed by atoms with Gasteiger partial charge >= 0.3 is 6.01 Å². The third kappa shape index (κ3) is 4.60. The molecule has 3 heterocycles. The van der Waals surface area contributed by atoms with E-state index >= 15 is 0 Å². The SMILES string of the molecule is Oc1ccccc1CCOc1nc(N2CCOCC2)nc(N2CCOCC2)n1. The van der Waals surface area contributed by atoms with Crippen LogP contribution in [0, 0.1) is 0 Å². The molecule has 1 aromatic heterocycles. The molecule has 2 saturated heterocycles. The van der Waals surface area contributed by atoms with Gasteiger partial charge in [0.2, 0.25) is 11.9 Å². The van der Waals surface area contributed by atoms with E-state index in [9.17, 15) is 5.11 Å². The van der Waals surface area contributed by atoms with Crippen LogP contribution in [-0.4, -0.2) is 79.3 Å². The number of hydrogen-bond donors (Lipinski definition) is 1. The molecule has 9 heteroatoms. The zero-order valence-corrected chi connectivity index (χ0v) is 15.8. The van der Waals surface area contributed by atoms with Crippen LogP contribution in [-0.2, 0) is 15.9 Å². The predicted octanol–water partition coefficient (Wildman–Crippen LogP) is 0.872. The Bertz CT molecular complexity index is 742. The molecule has 150 valence electrons. The van der Waals surface area contributed by atoms with Crippen molar-refractivity contribution in [1.29, 1.82) is 0 Å². The molecule has 0 spiro atoms. The number of morpholine rings is 2. The Balaban J connectivity index is 1.50. The van der Waals surface area contributed by atoms with Crippen LogP contribution in [0.25, 0.3) is 0 Å². The molecule has 0 bridgehead atoms. The van der Waals surface area contributed by atoms with Crippen molar-refractivity contribution in [3.05, 3.63) is 29.8 Å². The number of hydrogen-bond acceptors (Lipinski definition) is 9. The molecule has 1 N–H and O–H groups in total. The molecule has 0 atom stereocenters. The predicted molar refractivity (Wildman–Crippen MR) is 103 cm³/mol. The molecule has 2 aliphatic rings. The molecular weight excluding hydrogens is 362 g/mol. The van der Waals surface area contributed by atoms with Crippen LogP contribution in [0.2, 0.25) is 0 Å². The Kier molecular flexibility index (Phi) is 6.03. The summed E-state index contributed by atoms with van der Waals surface area (Å²) in [5, 5.41) is 9.90. The summed E-state index contributed by atoms with van der Waals surface area (Å²) in [6, 6.07) is 7.55. The minimum atomic E-state index is 0.268. The van der Waals surface area contributed by atoms with Gasteiger partial charge in [-0.3, -0.25) is 0 Å². The lowest BCUT2D eigenvalue weighted by Crippen LogP contribution is -2.40. The van der Waals surface area contributed by atoms with Gasteiger partial charge in [0.1, 0.15) is 5.75 Å². The maximum atomic E-state index is 9.90. The molecule has 28 heavy (non-hydrogen) atoms. The first-order chi connectivity index (χ1) is 13.8. The Morgan fingerprint density at radius 2 is 1.43 bits per heavy atom.